The van der Waals surface area contributed by atoms with Crippen LogP contribution in [-0.2, 0) is 0 Å². The molecule has 0 saturated carbocycles. The molecule has 0 aliphatic rings. The number of para-hydroxylation sites is 1. The van der Waals surface area contributed by atoms with Crippen LogP contribution in [0, 0.1) is 0 Å². The van der Waals surface area contributed by atoms with Crippen molar-refractivity contribution in [3.63, 3.8) is 0 Å². The molecule has 0 amide bonds. The van der Waals surface area contributed by atoms with Gasteiger partial charge in [-0.05, 0) is 38.4 Å². The van der Waals surface area contributed by atoms with Crippen molar-refractivity contribution in [2.45, 2.75) is 25.3 Å². The molecule has 0 spiro atoms. The summed E-state index contributed by atoms with van der Waals surface area (Å²) in [6.45, 7) is 3.75. The Morgan fingerprint density at radius 3 is 2.94 bits per heavy atom. The molecule has 1 heterocycles. The predicted molar refractivity (Wildman–Crippen MR) is 72.1 cm³/mol. The first-order chi connectivity index (χ1) is 8.35. The average molecular weight is 229 g/mol. The van der Waals surface area contributed by atoms with Gasteiger partial charge in [0.25, 0.3) is 0 Å². The zero-order valence-electron chi connectivity index (χ0n) is 10.3. The van der Waals surface area contributed by atoms with Crippen LogP contribution in [0.5, 0.6) is 0 Å². The topological polar surface area (TPSA) is 25.2 Å². The van der Waals surface area contributed by atoms with Crippen molar-refractivity contribution in [1.29, 1.82) is 0 Å². The van der Waals surface area contributed by atoms with Gasteiger partial charge in [0.05, 0.1) is 6.04 Å². The maximum absolute atomic E-state index is 5.86. The molecule has 0 bridgehead atoms. The Labute approximate surface area is 102 Å². The Balaban J connectivity index is 2.15. The van der Waals surface area contributed by atoms with Gasteiger partial charge in [0.1, 0.15) is 11.3 Å². The third kappa shape index (κ3) is 2.77. The van der Waals surface area contributed by atoms with E-state index in [4.69, 9.17) is 4.42 Å². The number of nitrogens with one attached hydrogen (secondary N) is 1. The van der Waals surface area contributed by atoms with Gasteiger partial charge in [-0.2, -0.15) is 0 Å². The van der Waals surface area contributed by atoms with Gasteiger partial charge in [-0.3, -0.25) is 0 Å². The van der Waals surface area contributed by atoms with Gasteiger partial charge < -0.3 is 9.73 Å². The molecule has 1 N–H and O–H groups in total. The number of allylic oxidation sites excluding steroid dienone is 1. The summed E-state index contributed by atoms with van der Waals surface area (Å²) in [5, 5.41) is 4.48. The molecule has 2 heteroatoms. The summed E-state index contributed by atoms with van der Waals surface area (Å²) in [5.41, 5.74) is 0.964. The molecule has 0 fully saturated rings. The highest BCUT2D eigenvalue weighted by molar-refractivity contribution is 5.77. The van der Waals surface area contributed by atoms with Crippen molar-refractivity contribution < 1.29 is 4.42 Å². The first-order valence-corrected chi connectivity index (χ1v) is 6.12. The van der Waals surface area contributed by atoms with Gasteiger partial charge in [0, 0.05) is 5.39 Å². The second kappa shape index (κ2) is 5.69. The van der Waals surface area contributed by atoms with E-state index in [0.717, 1.165) is 30.6 Å². The molecule has 17 heavy (non-hydrogen) atoms. The number of furan rings is 1. The van der Waals surface area contributed by atoms with Crippen molar-refractivity contribution in [1.82, 2.24) is 5.32 Å². The Morgan fingerprint density at radius 2 is 2.24 bits per heavy atom. The molecule has 1 aromatic carbocycles. The molecular formula is C15H19NO. The highest BCUT2D eigenvalue weighted by atomic mass is 16.3. The molecule has 0 aliphatic carbocycles. The molecule has 2 nitrogen and oxygen atoms in total. The van der Waals surface area contributed by atoms with E-state index in [1.54, 1.807) is 0 Å². The number of fused-ring (bicyclic) bond motifs is 1. The highest BCUT2D eigenvalue weighted by Gasteiger charge is 2.13. The number of hydrogen-bond acceptors (Lipinski definition) is 2. The lowest BCUT2D eigenvalue weighted by atomic mass is 10.1. The van der Waals surface area contributed by atoms with Crippen molar-refractivity contribution in [3.05, 3.63) is 48.7 Å². The maximum Gasteiger partial charge on any atom is 0.134 e. The summed E-state index contributed by atoms with van der Waals surface area (Å²) >= 11 is 0. The number of rotatable bonds is 6. The lowest BCUT2D eigenvalue weighted by Crippen LogP contribution is -2.15. The van der Waals surface area contributed by atoms with E-state index in [1.807, 2.05) is 31.3 Å². The van der Waals surface area contributed by atoms with Crippen LogP contribution in [0.15, 0.2) is 47.4 Å². The minimum absolute atomic E-state index is 0.294. The fraction of sp³-hybridized carbons (Fsp3) is 0.333. The van der Waals surface area contributed by atoms with Crippen molar-refractivity contribution in [3.8, 4) is 0 Å². The zero-order chi connectivity index (χ0) is 12.1. The molecular weight excluding hydrogens is 210 g/mol. The molecule has 1 aromatic heterocycles. The third-order valence-corrected chi connectivity index (χ3v) is 3.04. The van der Waals surface area contributed by atoms with Gasteiger partial charge in [-0.15, -0.1) is 6.58 Å². The molecule has 0 saturated heterocycles. The fourth-order valence-corrected chi connectivity index (χ4v) is 2.07. The quantitative estimate of drug-likeness (QED) is 0.597. The van der Waals surface area contributed by atoms with Crippen LogP contribution in [0.4, 0.5) is 0 Å². The van der Waals surface area contributed by atoms with Gasteiger partial charge in [0.15, 0.2) is 0 Å². The summed E-state index contributed by atoms with van der Waals surface area (Å²) < 4.78 is 5.86. The third-order valence-electron chi connectivity index (χ3n) is 3.04. The summed E-state index contributed by atoms with van der Waals surface area (Å²) in [6.07, 6.45) is 5.22. The largest absolute Gasteiger partial charge is 0.459 e. The lowest BCUT2D eigenvalue weighted by molar-refractivity contribution is 0.426. The molecule has 0 aliphatic heterocycles. The molecule has 0 radical (unpaired) electrons. The van der Waals surface area contributed by atoms with Crippen LogP contribution in [0.2, 0.25) is 0 Å². The lowest BCUT2D eigenvalue weighted by Gasteiger charge is -2.12. The van der Waals surface area contributed by atoms with Gasteiger partial charge in [-0.25, -0.2) is 0 Å². The maximum atomic E-state index is 5.86. The Kier molecular flexibility index (Phi) is 3.99. The predicted octanol–water partition coefficient (Wildman–Crippen LogP) is 4.05. The SMILES string of the molecule is C=CCCCC(NC)c1cc2ccccc2o1. The first-order valence-electron chi connectivity index (χ1n) is 6.12. The van der Waals surface area contributed by atoms with Crippen LogP contribution < -0.4 is 5.32 Å². The molecule has 90 valence electrons. The highest BCUT2D eigenvalue weighted by Crippen LogP contribution is 2.26. The van der Waals surface area contributed by atoms with E-state index >= 15 is 0 Å². The zero-order valence-corrected chi connectivity index (χ0v) is 10.3. The number of unbranched alkanes of at least 4 members (excludes halogenated alkanes) is 1. The van der Waals surface area contributed by atoms with Crippen molar-refractivity contribution in [2.75, 3.05) is 7.05 Å². The summed E-state index contributed by atoms with van der Waals surface area (Å²) in [4.78, 5) is 0. The molecule has 2 aromatic rings. The number of benzene rings is 1. The van der Waals surface area contributed by atoms with Crippen molar-refractivity contribution in [2.24, 2.45) is 0 Å². The second-order valence-electron chi connectivity index (χ2n) is 4.25. The van der Waals surface area contributed by atoms with E-state index in [-0.39, 0.29) is 0 Å². The van der Waals surface area contributed by atoms with E-state index in [2.05, 4.69) is 24.0 Å². The fourth-order valence-electron chi connectivity index (χ4n) is 2.07. The van der Waals surface area contributed by atoms with Crippen molar-refractivity contribution >= 4 is 11.0 Å². The Bertz CT molecular complexity index is 453. The van der Waals surface area contributed by atoms with E-state index < -0.39 is 0 Å². The van der Waals surface area contributed by atoms with Gasteiger partial charge in [0.2, 0.25) is 0 Å². The van der Waals surface area contributed by atoms with Crippen LogP contribution in [0.1, 0.15) is 31.1 Å². The van der Waals surface area contributed by atoms with E-state index in [9.17, 15) is 0 Å². The van der Waals surface area contributed by atoms with Gasteiger partial charge in [-0.1, -0.05) is 24.3 Å². The minimum atomic E-state index is 0.294. The summed E-state index contributed by atoms with van der Waals surface area (Å²) in [6, 6.07) is 10.6. The standard InChI is InChI=1S/C15H19NO/c1-3-4-5-9-13(16-2)15-11-12-8-6-7-10-14(12)17-15/h3,6-8,10-11,13,16H,1,4-5,9H2,2H3. The minimum Gasteiger partial charge on any atom is -0.459 e. The number of hydrogen-bond donors (Lipinski definition) is 1. The molecule has 1 atom stereocenters. The smallest absolute Gasteiger partial charge is 0.134 e. The summed E-state index contributed by atoms with van der Waals surface area (Å²) in [5.74, 6) is 1.03. The Morgan fingerprint density at radius 1 is 1.41 bits per heavy atom. The summed E-state index contributed by atoms with van der Waals surface area (Å²) in [7, 11) is 1.98. The van der Waals surface area contributed by atoms with Gasteiger partial charge >= 0.3 is 0 Å². The first kappa shape index (κ1) is 11.9. The van der Waals surface area contributed by atoms with Crippen LogP contribution in [-0.4, -0.2) is 7.05 Å². The van der Waals surface area contributed by atoms with E-state index in [0.29, 0.717) is 6.04 Å². The average Bonchev–Trinajstić information content (AvgIpc) is 2.78. The monoisotopic (exact) mass is 229 g/mol. The van der Waals surface area contributed by atoms with Crippen LogP contribution in [0.25, 0.3) is 11.0 Å². The Hall–Kier alpha value is -1.54. The second-order valence-corrected chi connectivity index (χ2v) is 4.25. The van der Waals surface area contributed by atoms with Crippen LogP contribution >= 0.6 is 0 Å². The molecule has 2 rings (SSSR count). The van der Waals surface area contributed by atoms with E-state index in [1.165, 1.54) is 5.39 Å². The van der Waals surface area contributed by atoms with Crippen LogP contribution in [0.3, 0.4) is 0 Å². The molecule has 1 unspecified atom stereocenters. The normalized spacial score (nSPS) is 12.8.